The van der Waals surface area contributed by atoms with E-state index < -0.39 is 0 Å². The highest BCUT2D eigenvalue weighted by molar-refractivity contribution is 6.21. The summed E-state index contributed by atoms with van der Waals surface area (Å²) < 4.78 is 6.22. The van der Waals surface area contributed by atoms with E-state index in [1.165, 1.54) is 32.7 Å². The van der Waals surface area contributed by atoms with Crippen molar-refractivity contribution in [2.75, 3.05) is 4.90 Å². The standard InChI is InChI=1S/C38H25NO/c1-2-9-26(10-3-1)28-17-20-30(21-18-28)39(31-22-19-27-11-4-5-12-29(27)25-31)35-15-8-14-33-32(35)23-24-37-38(33)34-13-6-7-16-36(34)40-37/h1-25H. The lowest BCUT2D eigenvalue weighted by Gasteiger charge is -2.27. The Labute approximate surface area is 232 Å². The van der Waals surface area contributed by atoms with E-state index in [0.29, 0.717) is 0 Å². The lowest BCUT2D eigenvalue weighted by molar-refractivity contribution is 0.669. The zero-order valence-electron chi connectivity index (χ0n) is 21.8. The monoisotopic (exact) mass is 511 g/mol. The Balaban J connectivity index is 1.37. The summed E-state index contributed by atoms with van der Waals surface area (Å²) in [5.74, 6) is 0. The Morgan fingerprint density at radius 2 is 1.10 bits per heavy atom. The first-order valence-electron chi connectivity index (χ1n) is 13.6. The number of para-hydroxylation sites is 1. The van der Waals surface area contributed by atoms with E-state index in [-0.39, 0.29) is 0 Å². The molecule has 8 aromatic rings. The van der Waals surface area contributed by atoms with Crippen molar-refractivity contribution >= 4 is 60.5 Å². The molecule has 0 spiro atoms. The highest BCUT2D eigenvalue weighted by Crippen LogP contribution is 2.43. The van der Waals surface area contributed by atoms with Crippen molar-refractivity contribution < 1.29 is 4.42 Å². The molecule has 0 aliphatic heterocycles. The van der Waals surface area contributed by atoms with Gasteiger partial charge in [0.05, 0.1) is 5.69 Å². The number of nitrogens with zero attached hydrogens (tertiary/aromatic N) is 1. The van der Waals surface area contributed by atoms with Crippen LogP contribution in [0.25, 0.3) is 54.6 Å². The summed E-state index contributed by atoms with van der Waals surface area (Å²) in [6.07, 6.45) is 0. The molecular weight excluding hydrogens is 486 g/mol. The molecule has 1 heterocycles. The van der Waals surface area contributed by atoms with E-state index >= 15 is 0 Å². The largest absolute Gasteiger partial charge is 0.456 e. The Hall–Kier alpha value is -5.34. The van der Waals surface area contributed by atoms with Crippen LogP contribution in [0.5, 0.6) is 0 Å². The maximum Gasteiger partial charge on any atom is 0.136 e. The lowest BCUT2D eigenvalue weighted by Crippen LogP contribution is -2.10. The molecule has 8 rings (SSSR count). The van der Waals surface area contributed by atoms with Crippen molar-refractivity contribution in [2.24, 2.45) is 0 Å². The van der Waals surface area contributed by atoms with E-state index in [4.69, 9.17) is 4.42 Å². The van der Waals surface area contributed by atoms with Gasteiger partial charge in [-0.25, -0.2) is 0 Å². The number of rotatable bonds is 4. The highest BCUT2D eigenvalue weighted by Gasteiger charge is 2.18. The minimum atomic E-state index is 0.912. The topological polar surface area (TPSA) is 16.4 Å². The van der Waals surface area contributed by atoms with Crippen molar-refractivity contribution in [3.8, 4) is 11.1 Å². The fourth-order valence-corrected chi connectivity index (χ4v) is 5.94. The normalized spacial score (nSPS) is 11.5. The van der Waals surface area contributed by atoms with Crippen LogP contribution in [-0.2, 0) is 0 Å². The second-order valence-electron chi connectivity index (χ2n) is 10.2. The predicted octanol–water partition coefficient (Wildman–Crippen LogP) is 11.0. The van der Waals surface area contributed by atoms with Crippen molar-refractivity contribution in [2.45, 2.75) is 0 Å². The third kappa shape index (κ3) is 3.65. The average Bonchev–Trinajstić information content (AvgIpc) is 3.41. The van der Waals surface area contributed by atoms with Gasteiger partial charge in [0.1, 0.15) is 11.2 Å². The molecular formula is C38H25NO. The van der Waals surface area contributed by atoms with Crippen LogP contribution in [0, 0.1) is 0 Å². The number of fused-ring (bicyclic) bond motifs is 6. The van der Waals surface area contributed by atoms with Crippen LogP contribution in [0.15, 0.2) is 156 Å². The summed E-state index contributed by atoms with van der Waals surface area (Å²) in [7, 11) is 0. The molecule has 0 saturated heterocycles. The molecule has 2 heteroatoms. The minimum absolute atomic E-state index is 0.912. The fraction of sp³-hybridized carbons (Fsp3) is 0. The van der Waals surface area contributed by atoms with E-state index in [1.807, 2.05) is 12.1 Å². The summed E-state index contributed by atoms with van der Waals surface area (Å²) >= 11 is 0. The van der Waals surface area contributed by atoms with Gasteiger partial charge in [0, 0.05) is 27.5 Å². The third-order valence-electron chi connectivity index (χ3n) is 7.84. The Bertz CT molecular complexity index is 2160. The number of anilines is 3. The SMILES string of the molecule is c1ccc(-c2ccc(N(c3ccc4ccccc4c3)c3cccc4c3ccc3oc5ccccc5c34)cc2)cc1. The lowest BCUT2D eigenvalue weighted by atomic mass is 10.0. The average molecular weight is 512 g/mol. The highest BCUT2D eigenvalue weighted by atomic mass is 16.3. The molecule has 0 N–H and O–H groups in total. The Kier molecular flexibility index (Phi) is 5.17. The molecule has 0 aliphatic carbocycles. The van der Waals surface area contributed by atoms with Crippen LogP contribution in [0.2, 0.25) is 0 Å². The number of hydrogen-bond donors (Lipinski definition) is 0. The molecule has 7 aromatic carbocycles. The van der Waals surface area contributed by atoms with Crippen LogP contribution in [0.3, 0.4) is 0 Å². The minimum Gasteiger partial charge on any atom is -0.456 e. The van der Waals surface area contributed by atoms with Crippen LogP contribution >= 0.6 is 0 Å². The van der Waals surface area contributed by atoms with Gasteiger partial charge in [-0.3, -0.25) is 0 Å². The van der Waals surface area contributed by atoms with Gasteiger partial charge >= 0.3 is 0 Å². The van der Waals surface area contributed by atoms with Gasteiger partial charge in [0.2, 0.25) is 0 Å². The molecule has 0 amide bonds. The molecule has 0 atom stereocenters. The number of benzene rings is 7. The molecule has 0 fully saturated rings. The second kappa shape index (κ2) is 9.14. The molecule has 188 valence electrons. The molecule has 0 unspecified atom stereocenters. The smallest absolute Gasteiger partial charge is 0.136 e. The molecule has 0 saturated carbocycles. The summed E-state index contributed by atoms with van der Waals surface area (Å²) in [5, 5.41) is 7.12. The predicted molar refractivity (Wildman–Crippen MR) is 169 cm³/mol. The quantitative estimate of drug-likeness (QED) is 0.234. The van der Waals surface area contributed by atoms with Gasteiger partial charge in [-0.05, 0) is 75.8 Å². The molecule has 1 aromatic heterocycles. The van der Waals surface area contributed by atoms with Crippen LogP contribution in [-0.4, -0.2) is 0 Å². The van der Waals surface area contributed by atoms with Crippen LogP contribution in [0.1, 0.15) is 0 Å². The van der Waals surface area contributed by atoms with Gasteiger partial charge in [-0.1, -0.05) is 103 Å². The molecule has 0 aliphatic rings. The molecule has 0 bridgehead atoms. The zero-order chi connectivity index (χ0) is 26.5. The summed E-state index contributed by atoms with van der Waals surface area (Å²) in [5.41, 5.74) is 7.61. The maximum atomic E-state index is 6.22. The van der Waals surface area contributed by atoms with Gasteiger partial charge in [-0.15, -0.1) is 0 Å². The van der Waals surface area contributed by atoms with E-state index in [1.54, 1.807) is 0 Å². The van der Waals surface area contributed by atoms with Crippen molar-refractivity contribution in [1.29, 1.82) is 0 Å². The number of hydrogen-bond acceptors (Lipinski definition) is 2. The number of furan rings is 1. The first-order valence-corrected chi connectivity index (χ1v) is 13.6. The third-order valence-corrected chi connectivity index (χ3v) is 7.84. The Morgan fingerprint density at radius 1 is 0.400 bits per heavy atom. The Morgan fingerprint density at radius 3 is 1.98 bits per heavy atom. The summed E-state index contributed by atoms with van der Waals surface area (Å²) in [6.45, 7) is 0. The zero-order valence-corrected chi connectivity index (χ0v) is 21.8. The fourth-order valence-electron chi connectivity index (χ4n) is 5.94. The van der Waals surface area contributed by atoms with E-state index in [9.17, 15) is 0 Å². The van der Waals surface area contributed by atoms with E-state index in [2.05, 4.69) is 144 Å². The van der Waals surface area contributed by atoms with Gasteiger partial charge in [0.25, 0.3) is 0 Å². The van der Waals surface area contributed by atoms with Gasteiger partial charge in [-0.2, -0.15) is 0 Å². The van der Waals surface area contributed by atoms with Crippen LogP contribution < -0.4 is 4.90 Å². The van der Waals surface area contributed by atoms with Gasteiger partial charge < -0.3 is 9.32 Å². The maximum absolute atomic E-state index is 6.22. The molecule has 2 nitrogen and oxygen atoms in total. The molecule has 40 heavy (non-hydrogen) atoms. The second-order valence-corrected chi connectivity index (χ2v) is 10.2. The van der Waals surface area contributed by atoms with Crippen molar-refractivity contribution in [1.82, 2.24) is 0 Å². The van der Waals surface area contributed by atoms with E-state index in [0.717, 1.165) is 39.0 Å². The first kappa shape index (κ1) is 22.6. The van der Waals surface area contributed by atoms with Crippen molar-refractivity contribution in [3.63, 3.8) is 0 Å². The molecule has 0 radical (unpaired) electrons. The van der Waals surface area contributed by atoms with Crippen molar-refractivity contribution in [3.05, 3.63) is 152 Å². The first-order chi connectivity index (χ1) is 19.8. The van der Waals surface area contributed by atoms with Gasteiger partial charge in [0.15, 0.2) is 0 Å². The summed E-state index contributed by atoms with van der Waals surface area (Å²) in [4.78, 5) is 2.37. The summed E-state index contributed by atoms with van der Waals surface area (Å²) in [6, 6.07) is 53.8. The van der Waals surface area contributed by atoms with Crippen LogP contribution in [0.4, 0.5) is 17.1 Å².